The lowest BCUT2D eigenvalue weighted by molar-refractivity contribution is 0.0920. The van der Waals surface area contributed by atoms with Gasteiger partial charge in [-0.25, -0.2) is 9.78 Å². The number of rotatable bonds is 4. The van der Waals surface area contributed by atoms with Crippen molar-refractivity contribution in [3.63, 3.8) is 0 Å². The second-order valence-electron chi connectivity index (χ2n) is 5.62. The quantitative estimate of drug-likeness (QED) is 0.937. The molecule has 1 aromatic heterocycles. The van der Waals surface area contributed by atoms with Crippen LogP contribution in [0.5, 0.6) is 0 Å². The van der Waals surface area contributed by atoms with Gasteiger partial charge in [-0.2, -0.15) is 0 Å². The number of nitrogens with one attached hydrogen (secondary N) is 1. The molecule has 1 fully saturated rings. The summed E-state index contributed by atoms with van der Waals surface area (Å²) in [7, 11) is 1.84. The van der Waals surface area contributed by atoms with Crippen LogP contribution in [0.2, 0.25) is 0 Å². The summed E-state index contributed by atoms with van der Waals surface area (Å²) in [4.78, 5) is 18.5. The fraction of sp³-hybridized carbons (Fsp3) is 0.333. The van der Waals surface area contributed by atoms with Crippen LogP contribution >= 0.6 is 0 Å². The van der Waals surface area contributed by atoms with Crippen LogP contribution in [0, 0.1) is 0 Å². The Labute approximate surface area is 136 Å². The fourth-order valence-electron chi connectivity index (χ4n) is 2.88. The van der Waals surface area contributed by atoms with Gasteiger partial charge in [0.15, 0.2) is 0 Å². The van der Waals surface area contributed by atoms with Gasteiger partial charge < -0.3 is 15.0 Å². The molecule has 1 amide bonds. The van der Waals surface area contributed by atoms with E-state index in [4.69, 9.17) is 4.74 Å². The molecule has 120 valence electrons. The van der Waals surface area contributed by atoms with Crippen LogP contribution in [0.3, 0.4) is 0 Å². The molecule has 0 aliphatic carbocycles. The average molecular weight is 311 g/mol. The lowest BCUT2D eigenvalue weighted by Crippen LogP contribution is -2.31. The first-order valence-electron chi connectivity index (χ1n) is 7.89. The lowest BCUT2D eigenvalue weighted by atomic mass is 10.1. The van der Waals surface area contributed by atoms with Crippen LogP contribution < -0.4 is 5.32 Å². The summed E-state index contributed by atoms with van der Waals surface area (Å²) < 4.78 is 5.46. The Balaban J connectivity index is 1.64. The van der Waals surface area contributed by atoms with Gasteiger partial charge in [0.05, 0.1) is 6.04 Å². The normalized spacial score (nSPS) is 17.1. The maximum atomic E-state index is 12.4. The van der Waals surface area contributed by atoms with E-state index in [1.807, 2.05) is 55.7 Å². The van der Waals surface area contributed by atoms with E-state index in [1.165, 1.54) is 0 Å². The summed E-state index contributed by atoms with van der Waals surface area (Å²) in [5.41, 5.74) is 2.05. The Hall–Kier alpha value is -2.56. The predicted molar refractivity (Wildman–Crippen MR) is 89.1 cm³/mol. The number of hydrogen-bond donors (Lipinski definition) is 1. The monoisotopic (exact) mass is 311 g/mol. The number of pyridine rings is 1. The van der Waals surface area contributed by atoms with Crippen LogP contribution in [0.25, 0.3) is 0 Å². The molecule has 2 aromatic rings. The molecule has 1 aliphatic heterocycles. The molecule has 1 aliphatic rings. The number of carbonyl (C=O) groups excluding carboxylic acids is 1. The van der Waals surface area contributed by atoms with Gasteiger partial charge in [-0.1, -0.05) is 36.4 Å². The summed E-state index contributed by atoms with van der Waals surface area (Å²) in [6.45, 7) is 1.03. The second-order valence-corrected chi connectivity index (χ2v) is 5.62. The van der Waals surface area contributed by atoms with Crippen molar-refractivity contribution in [2.45, 2.75) is 25.5 Å². The van der Waals surface area contributed by atoms with E-state index in [-0.39, 0.29) is 12.1 Å². The minimum Gasteiger partial charge on any atom is -0.445 e. The topological polar surface area (TPSA) is 54.5 Å². The first-order valence-corrected chi connectivity index (χ1v) is 7.89. The zero-order chi connectivity index (χ0) is 16.1. The minimum atomic E-state index is -0.256. The molecule has 23 heavy (non-hydrogen) atoms. The Kier molecular flexibility index (Phi) is 4.76. The molecular weight excluding hydrogens is 290 g/mol. The van der Waals surface area contributed by atoms with E-state index >= 15 is 0 Å². The van der Waals surface area contributed by atoms with Gasteiger partial charge in [-0.15, -0.1) is 0 Å². The predicted octanol–water partition coefficient (Wildman–Crippen LogP) is 3.60. The number of amides is 1. The van der Waals surface area contributed by atoms with E-state index in [0.29, 0.717) is 6.61 Å². The number of anilines is 1. The molecule has 1 saturated heterocycles. The molecule has 1 N–H and O–H groups in total. The van der Waals surface area contributed by atoms with Gasteiger partial charge >= 0.3 is 6.09 Å². The number of hydrogen-bond acceptors (Lipinski definition) is 4. The molecular formula is C18H21N3O2. The van der Waals surface area contributed by atoms with Gasteiger partial charge in [0.2, 0.25) is 0 Å². The number of benzene rings is 1. The van der Waals surface area contributed by atoms with Crippen LogP contribution in [0.15, 0.2) is 48.7 Å². The van der Waals surface area contributed by atoms with Gasteiger partial charge in [0.1, 0.15) is 12.4 Å². The second kappa shape index (κ2) is 7.13. The number of carbonyl (C=O) groups is 1. The number of likely N-dealkylation sites (tertiary alicyclic amines) is 1. The van der Waals surface area contributed by atoms with Crippen molar-refractivity contribution in [1.82, 2.24) is 9.88 Å². The van der Waals surface area contributed by atoms with Crippen molar-refractivity contribution in [3.05, 3.63) is 59.8 Å². The SMILES string of the molecule is CNc1ccc(C2CCCN2C(=O)OCc2ccccc2)cn1. The molecule has 0 saturated carbocycles. The zero-order valence-corrected chi connectivity index (χ0v) is 13.2. The fourth-order valence-corrected chi connectivity index (χ4v) is 2.88. The van der Waals surface area contributed by atoms with Gasteiger partial charge in [-0.05, 0) is 30.0 Å². The van der Waals surface area contributed by atoms with Crippen molar-refractivity contribution in [3.8, 4) is 0 Å². The molecule has 0 bridgehead atoms. The maximum Gasteiger partial charge on any atom is 0.410 e. The van der Waals surface area contributed by atoms with Crippen LogP contribution in [-0.2, 0) is 11.3 Å². The third-order valence-electron chi connectivity index (χ3n) is 4.12. The summed E-state index contributed by atoms with van der Waals surface area (Å²) >= 11 is 0. The molecule has 3 rings (SSSR count). The molecule has 5 heteroatoms. The number of ether oxygens (including phenoxy) is 1. The van der Waals surface area contributed by atoms with Crippen LogP contribution in [0.1, 0.15) is 30.0 Å². The van der Waals surface area contributed by atoms with E-state index in [9.17, 15) is 4.79 Å². The Bertz CT molecular complexity index is 643. The summed E-state index contributed by atoms with van der Waals surface area (Å²) in [6, 6.07) is 13.7. The Morgan fingerprint density at radius 3 is 2.83 bits per heavy atom. The van der Waals surface area contributed by atoms with E-state index < -0.39 is 0 Å². The molecule has 5 nitrogen and oxygen atoms in total. The largest absolute Gasteiger partial charge is 0.445 e. The first kappa shape index (κ1) is 15.3. The molecule has 0 radical (unpaired) electrons. The highest BCUT2D eigenvalue weighted by atomic mass is 16.6. The summed E-state index contributed by atoms with van der Waals surface area (Å²) in [5, 5.41) is 3.00. The molecule has 1 aromatic carbocycles. The third-order valence-corrected chi connectivity index (χ3v) is 4.12. The molecule has 1 atom stereocenters. The maximum absolute atomic E-state index is 12.4. The smallest absolute Gasteiger partial charge is 0.410 e. The number of nitrogens with zero attached hydrogens (tertiary/aromatic N) is 2. The Morgan fingerprint density at radius 1 is 1.30 bits per heavy atom. The first-order chi connectivity index (χ1) is 11.3. The van der Waals surface area contributed by atoms with Crippen molar-refractivity contribution < 1.29 is 9.53 Å². The van der Waals surface area contributed by atoms with Gasteiger partial charge in [-0.3, -0.25) is 0 Å². The van der Waals surface area contributed by atoms with Gasteiger partial charge in [0.25, 0.3) is 0 Å². The lowest BCUT2D eigenvalue weighted by Gasteiger charge is -2.24. The van der Waals surface area contributed by atoms with E-state index in [1.54, 1.807) is 4.90 Å². The molecule has 2 heterocycles. The van der Waals surface area contributed by atoms with Crippen molar-refractivity contribution in [2.24, 2.45) is 0 Å². The Morgan fingerprint density at radius 2 is 2.13 bits per heavy atom. The highest BCUT2D eigenvalue weighted by Gasteiger charge is 2.31. The summed E-state index contributed by atoms with van der Waals surface area (Å²) in [6.07, 6.45) is 3.51. The highest BCUT2D eigenvalue weighted by molar-refractivity contribution is 5.68. The van der Waals surface area contributed by atoms with Crippen molar-refractivity contribution >= 4 is 11.9 Å². The minimum absolute atomic E-state index is 0.0525. The van der Waals surface area contributed by atoms with E-state index in [2.05, 4.69) is 10.3 Å². The standard InChI is InChI=1S/C18H21N3O2/c1-19-17-10-9-15(12-20-17)16-8-5-11-21(16)18(22)23-13-14-6-3-2-4-7-14/h2-4,6-7,9-10,12,16H,5,8,11,13H2,1H3,(H,19,20). The van der Waals surface area contributed by atoms with Crippen molar-refractivity contribution in [1.29, 1.82) is 0 Å². The molecule has 0 spiro atoms. The van der Waals surface area contributed by atoms with Crippen LogP contribution in [-0.4, -0.2) is 29.6 Å². The number of aromatic nitrogens is 1. The third kappa shape index (κ3) is 3.62. The van der Waals surface area contributed by atoms with E-state index in [0.717, 1.165) is 36.3 Å². The van der Waals surface area contributed by atoms with Gasteiger partial charge in [0, 0.05) is 19.8 Å². The van der Waals surface area contributed by atoms with Crippen LogP contribution in [0.4, 0.5) is 10.6 Å². The molecule has 1 unspecified atom stereocenters. The summed E-state index contributed by atoms with van der Waals surface area (Å²) in [5.74, 6) is 0.824. The zero-order valence-electron chi connectivity index (χ0n) is 13.2. The average Bonchev–Trinajstić information content (AvgIpc) is 3.10. The van der Waals surface area contributed by atoms with Crippen molar-refractivity contribution in [2.75, 3.05) is 18.9 Å². The highest BCUT2D eigenvalue weighted by Crippen LogP contribution is 2.32.